The van der Waals surface area contributed by atoms with E-state index in [1.54, 1.807) is 4.90 Å². The molecule has 4 heteroatoms. The van der Waals surface area contributed by atoms with Gasteiger partial charge in [-0.05, 0) is 37.0 Å². The van der Waals surface area contributed by atoms with Crippen molar-refractivity contribution < 1.29 is 4.79 Å². The summed E-state index contributed by atoms with van der Waals surface area (Å²) in [6.45, 7) is 0.850. The minimum absolute atomic E-state index is 0.113. The standard InChI is InChI=1S/C16H21N3O/c1-18(2)16(20)19-11-4-3-8-15(19)13-6-5-7-14-12(13)9-10-17-14/h5-7,9-10,15,17H,3-4,8,11H2,1-2H3. The summed E-state index contributed by atoms with van der Waals surface area (Å²) in [6, 6.07) is 8.72. The number of hydrogen-bond acceptors (Lipinski definition) is 1. The van der Waals surface area contributed by atoms with Crippen molar-refractivity contribution in [2.45, 2.75) is 25.3 Å². The van der Waals surface area contributed by atoms with Gasteiger partial charge in [0, 0.05) is 37.7 Å². The molecule has 1 N–H and O–H groups in total. The highest BCUT2D eigenvalue weighted by Gasteiger charge is 2.29. The Balaban J connectivity index is 2.01. The topological polar surface area (TPSA) is 39.3 Å². The van der Waals surface area contributed by atoms with Crippen LogP contribution in [0.4, 0.5) is 4.79 Å². The summed E-state index contributed by atoms with van der Waals surface area (Å²) in [4.78, 5) is 19.3. The van der Waals surface area contributed by atoms with E-state index in [9.17, 15) is 4.79 Å². The first kappa shape index (κ1) is 13.0. The number of carbonyl (C=O) groups is 1. The molecule has 0 aliphatic carbocycles. The van der Waals surface area contributed by atoms with Gasteiger partial charge in [0.25, 0.3) is 0 Å². The Morgan fingerprint density at radius 3 is 2.95 bits per heavy atom. The number of fused-ring (bicyclic) bond motifs is 1. The second-order valence-electron chi connectivity index (χ2n) is 5.67. The zero-order valence-electron chi connectivity index (χ0n) is 12.1. The minimum atomic E-state index is 0.113. The fraction of sp³-hybridized carbons (Fsp3) is 0.438. The monoisotopic (exact) mass is 271 g/mol. The molecule has 1 saturated heterocycles. The number of rotatable bonds is 1. The number of piperidine rings is 1. The second-order valence-corrected chi connectivity index (χ2v) is 5.67. The molecule has 2 heterocycles. The fourth-order valence-electron chi connectivity index (χ4n) is 3.14. The first-order valence-corrected chi connectivity index (χ1v) is 7.22. The first-order valence-electron chi connectivity index (χ1n) is 7.22. The lowest BCUT2D eigenvalue weighted by Gasteiger charge is -2.37. The highest BCUT2D eigenvalue weighted by Crippen LogP contribution is 2.35. The Bertz CT molecular complexity index is 617. The molecule has 1 aliphatic heterocycles. The number of H-pyrrole nitrogens is 1. The van der Waals surface area contributed by atoms with Gasteiger partial charge in [0.2, 0.25) is 0 Å². The molecule has 1 aliphatic rings. The molecule has 4 nitrogen and oxygen atoms in total. The van der Waals surface area contributed by atoms with Gasteiger partial charge >= 0.3 is 6.03 Å². The number of likely N-dealkylation sites (tertiary alicyclic amines) is 1. The third kappa shape index (κ3) is 2.15. The highest BCUT2D eigenvalue weighted by atomic mass is 16.2. The smallest absolute Gasteiger partial charge is 0.319 e. The van der Waals surface area contributed by atoms with E-state index in [-0.39, 0.29) is 12.1 Å². The van der Waals surface area contributed by atoms with Gasteiger partial charge in [0.15, 0.2) is 0 Å². The van der Waals surface area contributed by atoms with Gasteiger partial charge in [0.1, 0.15) is 0 Å². The molecule has 0 spiro atoms. The lowest BCUT2D eigenvalue weighted by Crippen LogP contribution is -2.44. The zero-order chi connectivity index (χ0) is 14.1. The lowest BCUT2D eigenvalue weighted by atomic mass is 9.93. The molecule has 2 amide bonds. The predicted octanol–water partition coefficient (Wildman–Crippen LogP) is 3.38. The average Bonchev–Trinajstić information content (AvgIpc) is 2.94. The maximum Gasteiger partial charge on any atom is 0.319 e. The number of nitrogens with one attached hydrogen (secondary N) is 1. The third-order valence-electron chi connectivity index (χ3n) is 4.12. The van der Waals surface area contributed by atoms with E-state index in [4.69, 9.17) is 0 Å². The summed E-state index contributed by atoms with van der Waals surface area (Å²) in [5, 5.41) is 1.23. The van der Waals surface area contributed by atoms with Crippen molar-refractivity contribution in [3.05, 3.63) is 36.0 Å². The van der Waals surface area contributed by atoms with E-state index in [1.165, 1.54) is 17.4 Å². The average molecular weight is 271 g/mol. The Labute approximate surface area is 119 Å². The molecular formula is C16H21N3O. The molecule has 20 heavy (non-hydrogen) atoms. The second kappa shape index (κ2) is 5.19. The molecule has 0 saturated carbocycles. The van der Waals surface area contributed by atoms with Crippen molar-refractivity contribution in [2.75, 3.05) is 20.6 Å². The number of hydrogen-bond donors (Lipinski definition) is 1. The van der Waals surface area contributed by atoms with Crippen LogP contribution in [0, 0.1) is 0 Å². The van der Waals surface area contributed by atoms with Crippen LogP contribution in [0.5, 0.6) is 0 Å². The van der Waals surface area contributed by atoms with E-state index in [2.05, 4.69) is 29.2 Å². The predicted molar refractivity (Wildman–Crippen MR) is 80.7 cm³/mol. The molecule has 1 unspecified atom stereocenters. The molecule has 106 valence electrons. The van der Waals surface area contributed by atoms with Crippen LogP contribution >= 0.6 is 0 Å². The Morgan fingerprint density at radius 2 is 2.15 bits per heavy atom. The van der Waals surface area contributed by atoms with Gasteiger partial charge in [-0.2, -0.15) is 0 Å². The van der Waals surface area contributed by atoms with Crippen LogP contribution in [0.25, 0.3) is 10.9 Å². The van der Waals surface area contributed by atoms with Gasteiger partial charge < -0.3 is 14.8 Å². The Hall–Kier alpha value is -1.97. The molecule has 1 fully saturated rings. The minimum Gasteiger partial charge on any atom is -0.361 e. The first-order chi connectivity index (χ1) is 9.68. The van der Waals surface area contributed by atoms with Crippen molar-refractivity contribution in [1.82, 2.24) is 14.8 Å². The van der Waals surface area contributed by atoms with Gasteiger partial charge in [-0.25, -0.2) is 4.79 Å². The van der Waals surface area contributed by atoms with Crippen LogP contribution in [0.2, 0.25) is 0 Å². The third-order valence-corrected chi connectivity index (χ3v) is 4.12. The van der Waals surface area contributed by atoms with E-state index < -0.39 is 0 Å². The van der Waals surface area contributed by atoms with Crippen molar-refractivity contribution in [3.8, 4) is 0 Å². The molecule has 0 bridgehead atoms. The van der Waals surface area contributed by atoms with Crippen molar-refractivity contribution in [2.24, 2.45) is 0 Å². The number of urea groups is 1. The van der Waals surface area contributed by atoms with Crippen LogP contribution in [-0.4, -0.2) is 41.5 Å². The van der Waals surface area contributed by atoms with Crippen LogP contribution < -0.4 is 0 Å². The molecule has 3 rings (SSSR count). The summed E-state index contributed by atoms with van der Waals surface area (Å²) in [5.74, 6) is 0. The van der Waals surface area contributed by atoms with E-state index in [0.717, 1.165) is 24.9 Å². The van der Waals surface area contributed by atoms with Crippen LogP contribution in [-0.2, 0) is 0 Å². The van der Waals surface area contributed by atoms with Crippen LogP contribution in [0.1, 0.15) is 30.9 Å². The summed E-state index contributed by atoms with van der Waals surface area (Å²) >= 11 is 0. The van der Waals surface area contributed by atoms with Gasteiger partial charge in [-0.1, -0.05) is 12.1 Å². The summed E-state index contributed by atoms with van der Waals surface area (Å²) in [7, 11) is 3.65. The van der Waals surface area contributed by atoms with E-state index in [0.29, 0.717) is 0 Å². The van der Waals surface area contributed by atoms with Crippen LogP contribution in [0.15, 0.2) is 30.5 Å². The molecule has 0 radical (unpaired) electrons. The highest BCUT2D eigenvalue weighted by molar-refractivity contribution is 5.84. The molecule has 2 aromatic rings. The number of aromatic amines is 1. The maximum atomic E-state index is 12.4. The van der Waals surface area contributed by atoms with E-state index in [1.807, 2.05) is 25.2 Å². The van der Waals surface area contributed by atoms with Crippen molar-refractivity contribution >= 4 is 16.9 Å². The molecule has 1 aromatic heterocycles. The van der Waals surface area contributed by atoms with Crippen molar-refractivity contribution in [1.29, 1.82) is 0 Å². The largest absolute Gasteiger partial charge is 0.361 e. The summed E-state index contributed by atoms with van der Waals surface area (Å²) < 4.78 is 0. The number of amides is 2. The maximum absolute atomic E-state index is 12.4. The van der Waals surface area contributed by atoms with Gasteiger partial charge in [-0.15, -0.1) is 0 Å². The summed E-state index contributed by atoms with van der Waals surface area (Å²) in [6.07, 6.45) is 5.29. The molecular weight excluding hydrogens is 250 g/mol. The van der Waals surface area contributed by atoms with Crippen LogP contribution in [0.3, 0.4) is 0 Å². The summed E-state index contributed by atoms with van der Waals surface area (Å²) in [5.41, 5.74) is 2.41. The quantitative estimate of drug-likeness (QED) is 0.848. The van der Waals surface area contributed by atoms with Crippen molar-refractivity contribution in [3.63, 3.8) is 0 Å². The number of benzene rings is 1. The van der Waals surface area contributed by atoms with E-state index >= 15 is 0 Å². The van der Waals surface area contributed by atoms with Gasteiger partial charge in [-0.3, -0.25) is 0 Å². The SMILES string of the molecule is CN(C)C(=O)N1CCCCC1c1cccc2[nH]ccc12. The zero-order valence-corrected chi connectivity index (χ0v) is 12.1. The number of carbonyl (C=O) groups excluding carboxylic acids is 1. The molecule has 1 aromatic carbocycles. The lowest BCUT2D eigenvalue weighted by molar-refractivity contribution is 0.129. The molecule has 1 atom stereocenters. The van der Waals surface area contributed by atoms with Gasteiger partial charge in [0.05, 0.1) is 6.04 Å². The Morgan fingerprint density at radius 1 is 1.30 bits per heavy atom. The fourth-order valence-corrected chi connectivity index (χ4v) is 3.14. The number of nitrogens with zero attached hydrogens (tertiary/aromatic N) is 2. The number of aromatic nitrogens is 1. The normalized spacial score (nSPS) is 19.3. The Kier molecular flexibility index (Phi) is 3.38.